The molecule has 0 bridgehead atoms. The molecule has 0 heterocycles. The van der Waals surface area contributed by atoms with Crippen molar-refractivity contribution in [2.24, 2.45) is 11.5 Å². The van der Waals surface area contributed by atoms with E-state index < -0.39 is 0 Å². The van der Waals surface area contributed by atoms with Gasteiger partial charge in [0.2, 0.25) is 0 Å². The fraction of sp³-hybridized carbons (Fsp3) is 1.00. The van der Waals surface area contributed by atoms with Gasteiger partial charge in [0.15, 0.2) is 0 Å². The quantitative estimate of drug-likeness (QED) is 0.297. The summed E-state index contributed by atoms with van der Waals surface area (Å²) >= 11 is 2.38. The number of nitrogens with one attached hydrogen (secondary N) is 1. The third kappa shape index (κ3) is 12.5. The highest BCUT2D eigenvalue weighted by molar-refractivity contribution is 14.1. The second-order valence-electron chi connectivity index (χ2n) is 3.65. The summed E-state index contributed by atoms with van der Waals surface area (Å²) in [6.07, 6.45) is 4.67. The van der Waals surface area contributed by atoms with Crippen LogP contribution >= 0.6 is 22.9 Å². The average Bonchev–Trinajstić information content (AvgIpc) is 2.25. The maximum absolute atomic E-state index is 5.45. The number of rotatable bonds is 11. The monoisotopic (exact) mass is 328 g/mol. The summed E-state index contributed by atoms with van der Waals surface area (Å²) in [6.45, 7) is 6.02. The third-order valence-electron chi connectivity index (χ3n) is 2.17. The molecule has 5 N–H and O–H groups in total. The standard InChI is InChI=1S/C10H25IN4/c11-15(10-4-6-13)9-2-1-7-14-8-3-5-12/h14H,1-10,12-13H2. The van der Waals surface area contributed by atoms with E-state index in [1.807, 2.05) is 0 Å². The summed E-state index contributed by atoms with van der Waals surface area (Å²) in [5.41, 5.74) is 10.8. The van der Waals surface area contributed by atoms with Crippen LogP contribution in [0.5, 0.6) is 0 Å². The predicted octanol–water partition coefficient (Wildman–Crippen LogP) is 0.706. The lowest BCUT2D eigenvalue weighted by atomic mass is 10.3. The van der Waals surface area contributed by atoms with Crippen molar-refractivity contribution in [1.29, 1.82) is 0 Å². The highest BCUT2D eigenvalue weighted by Crippen LogP contribution is 2.02. The van der Waals surface area contributed by atoms with E-state index in [2.05, 4.69) is 31.3 Å². The molecule has 0 amide bonds. The molecule has 0 aromatic carbocycles. The first kappa shape index (κ1) is 15.6. The molecule has 0 aromatic heterocycles. The molecule has 0 rings (SSSR count). The Morgan fingerprint density at radius 2 is 1.47 bits per heavy atom. The van der Waals surface area contributed by atoms with E-state index in [-0.39, 0.29) is 0 Å². The smallest absolute Gasteiger partial charge is 0.0201 e. The van der Waals surface area contributed by atoms with Crippen LogP contribution in [-0.4, -0.2) is 42.4 Å². The molecule has 0 saturated carbocycles. The van der Waals surface area contributed by atoms with Crippen LogP contribution in [0.2, 0.25) is 0 Å². The topological polar surface area (TPSA) is 67.3 Å². The predicted molar refractivity (Wildman–Crippen MR) is 75.0 cm³/mol. The highest BCUT2D eigenvalue weighted by atomic mass is 127. The zero-order chi connectivity index (χ0) is 11.4. The number of hydrogen-bond donors (Lipinski definition) is 3. The van der Waals surface area contributed by atoms with Gasteiger partial charge in [-0.1, -0.05) is 0 Å². The molecular formula is C10H25IN4. The van der Waals surface area contributed by atoms with Crippen molar-refractivity contribution >= 4 is 22.9 Å². The largest absolute Gasteiger partial charge is 0.330 e. The minimum atomic E-state index is 0.785. The molecule has 0 fully saturated rings. The van der Waals surface area contributed by atoms with Crippen LogP contribution in [0.4, 0.5) is 0 Å². The summed E-state index contributed by atoms with van der Waals surface area (Å²) in [5, 5.41) is 3.38. The van der Waals surface area contributed by atoms with Crippen LogP contribution < -0.4 is 16.8 Å². The van der Waals surface area contributed by atoms with Crippen molar-refractivity contribution < 1.29 is 0 Å². The minimum Gasteiger partial charge on any atom is -0.330 e. The Labute approximate surface area is 108 Å². The molecule has 0 atom stereocenters. The zero-order valence-electron chi connectivity index (χ0n) is 9.55. The normalized spacial score (nSPS) is 11.2. The van der Waals surface area contributed by atoms with Crippen molar-refractivity contribution in [2.45, 2.75) is 25.7 Å². The molecule has 0 aromatic rings. The van der Waals surface area contributed by atoms with Gasteiger partial charge in [0.25, 0.3) is 0 Å². The number of hydrogen-bond acceptors (Lipinski definition) is 4. The van der Waals surface area contributed by atoms with Crippen LogP contribution in [0.3, 0.4) is 0 Å². The fourth-order valence-corrected chi connectivity index (χ4v) is 1.94. The van der Waals surface area contributed by atoms with Gasteiger partial charge in [-0.25, -0.2) is 3.11 Å². The SMILES string of the molecule is NCCCNCCCCN(I)CCCN. The molecular weight excluding hydrogens is 303 g/mol. The molecule has 92 valence electrons. The minimum absolute atomic E-state index is 0.785. The molecule has 15 heavy (non-hydrogen) atoms. The highest BCUT2D eigenvalue weighted by Gasteiger charge is 1.98. The number of unbranched alkanes of at least 4 members (excludes halogenated alkanes) is 1. The van der Waals surface area contributed by atoms with Gasteiger partial charge < -0.3 is 16.8 Å². The van der Waals surface area contributed by atoms with E-state index in [0.29, 0.717) is 0 Å². The molecule has 0 unspecified atom stereocenters. The molecule has 0 aliphatic carbocycles. The first-order valence-corrected chi connectivity index (χ1v) is 6.79. The Bertz CT molecular complexity index is 124. The van der Waals surface area contributed by atoms with Gasteiger partial charge in [0, 0.05) is 36.0 Å². The summed E-state index contributed by atoms with van der Waals surface area (Å²) in [4.78, 5) is 0. The van der Waals surface area contributed by atoms with Crippen molar-refractivity contribution in [2.75, 3.05) is 39.3 Å². The third-order valence-corrected chi connectivity index (χ3v) is 3.13. The van der Waals surface area contributed by atoms with Gasteiger partial charge in [0.05, 0.1) is 0 Å². The number of nitrogens with two attached hydrogens (primary N) is 2. The second-order valence-corrected chi connectivity index (χ2v) is 5.02. The summed E-state index contributed by atoms with van der Waals surface area (Å²) < 4.78 is 2.32. The molecule has 0 aliphatic heterocycles. The lowest BCUT2D eigenvalue weighted by Gasteiger charge is -2.13. The Kier molecular flexibility index (Phi) is 13.1. The zero-order valence-corrected chi connectivity index (χ0v) is 11.7. The summed E-state index contributed by atoms with van der Waals surface area (Å²) in [5.74, 6) is 0. The maximum atomic E-state index is 5.45. The van der Waals surface area contributed by atoms with Gasteiger partial charge in [-0.3, -0.25) is 0 Å². The van der Waals surface area contributed by atoms with Gasteiger partial charge >= 0.3 is 0 Å². The lowest BCUT2D eigenvalue weighted by Crippen LogP contribution is -2.21. The Balaban J connectivity index is 3.02. The first-order valence-electron chi connectivity index (χ1n) is 5.83. The van der Waals surface area contributed by atoms with E-state index in [9.17, 15) is 0 Å². The second kappa shape index (κ2) is 12.6. The van der Waals surface area contributed by atoms with Crippen molar-refractivity contribution in [3.63, 3.8) is 0 Å². The number of halogens is 1. The van der Waals surface area contributed by atoms with E-state index in [1.165, 1.54) is 19.4 Å². The lowest BCUT2D eigenvalue weighted by molar-refractivity contribution is 0.470. The van der Waals surface area contributed by atoms with Crippen LogP contribution in [0.15, 0.2) is 0 Å². The van der Waals surface area contributed by atoms with Crippen LogP contribution in [0.1, 0.15) is 25.7 Å². The van der Waals surface area contributed by atoms with E-state index in [4.69, 9.17) is 11.5 Å². The van der Waals surface area contributed by atoms with Gasteiger partial charge in [-0.2, -0.15) is 0 Å². The Hall–Kier alpha value is 0.570. The van der Waals surface area contributed by atoms with E-state index in [0.717, 1.165) is 45.6 Å². The van der Waals surface area contributed by atoms with Crippen LogP contribution in [-0.2, 0) is 0 Å². The van der Waals surface area contributed by atoms with Gasteiger partial charge in [-0.15, -0.1) is 0 Å². The molecule has 0 spiro atoms. The molecule has 0 aliphatic rings. The van der Waals surface area contributed by atoms with E-state index >= 15 is 0 Å². The van der Waals surface area contributed by atoms with Crippen molar-refractivity contribution in [3.8, 4) is 0 Å². The molecule has 0 saturated heterocycles. The fourth-order valence-electron chi connectivity index (χ4n) is 1.26. The average molecular weight is 328 g/mol. The van der Waals surface area contributed by atoms with E-state index in [1.54, 1.807) is 0 Å². The van der Waals surface area contributed by atoms with Crippen molar-refractivity contribution in [1.82, 2.24) is 8.43 Å². The Morgan fingerprint density at radius 1 is 0.867 bits per heavy atom. The van der Waals surface area contributed by atoms with Crippen LogP contribution in [0.25, 0.3) is 0 Å². The van der Waals surface area contributed by atoms with Gasteiger partial charge in [-0.05, 0) is 51.9 Å². The molecule has 0 radical (unpaired) electrons. The molecule has 5 heteroatoms. The van der Waals surface area contributed by atoms with Gasteiger partial charge in [0.1, 0.15) is 0 Å². The first-order chi connectivity index (χ1) is 7.31. The summed E-state index contributed by atoms with van der Waals surface area (Å²) in [7, 11) is 0. The molecule has 4 nitrogen and oxygen atoms in total. The maximum Gasteiger partial charge on any atom is 0.0201 e. The number of nitrogens with zero attached hydrogens (tertiary/aromatic N) is 1. The van der Waals surface area contributed by atoms with Crippen molar-refractivity contribution in [3.05, 3.63) is 0 Å². The Morgan fingerprint density at radius 3 is 2.13 bits per heavy atom. The summed E-state index contributed by atoms with van der Waals surface area (Å²) in [6, 6.07) is 0. The van der Waals surface area contributed by atoms with Crippen LogP contribution in [0, 0.1) is 0 Å².